The molecule has 3 amide bonds. The third-order valence-electron chi connectivity index (χ3n) is 3.85. The zero-order chi connectivity index (χ0) is 18.5. The van der Waals surface area contributed by atoms with Gasteiger partial charge in [-0.3, -0.25) is 15.2 Å². The van der Waals surface area contributed by atoms with Crippen molar-refractivity contribution in [1.29, 1.82) is 0 Å². The zero-order valence-electron chi connectivity index (χ0n) is 14.7. The molecule has 4 N–H and O–H groups in total. The van der Waals surface area contributed by atoms with Crippen LogP contribution in [0.3, 0.4) is 0 Å². The van der Waals surface area contributed by atoms with Crippen LogP contribution in [0.2, 0.25) is 0 Å². The summed E-state index contributed by atoms with van der Waals surface area (Å²) in [5, 5.41) is 16.2. The van der Waals surface area contributed by atoms with E-state index in [9.17, 15) is 9.59 Å². The SMILES string of the molecule is CCCNC(=O)Nc1n[nH]c2cc(-c3cccc(NC(C)=O)c3)ccc12. The molecule has 0 saturated heterocycles. The molecule has 0 saturated carbocycles. The smallest absolute Gasteiger partial charge is 0.320 e. The Kier molecular flexibility index (Phi) is 5.17. The van der Waals surface area contributed by atoms with E-state index in [4.69, 9.17) is 0 Å². The first kappa shape index (κ1) is 17.5. The summed E-state index contributed by atoms with van der Waals surface area (Å²) in [6.45, 7) is 4.09. The predicted molar refractivity (Wildman–Crippen MR) is 103 cm³/mol. The minimum atomic E-state index is -0.271. The Morgan fingerprint density at radius 2 is 1.88 bits per heavy atom. The Morgan fingerprint density at radius 1 is 1.08 bits per heavy atom. The molecule has 0 fully saturated rings. The number of nitrogens with one attached hydrogen (secondary N) is 4. The maximum Gasteiger partial charge on any atom is 0.320 e. The molecule has 0 radical (unpaired) electrons. The number of carbonyl (C=O) groups is 2. The molecule has 0 atom stereocenters. The number of hydrogen-bond acceptors (Lipinski definition) is 3. The number of H-pyrrole nitrogens is 1. The lowest BCUT2D eigenvalue weighted by Crippen LogP contribution is -2.29. The van der Waals surface area contributed by atoms with Crippen LogP contribution in [-0.2, 0) is 4.79 Å². The fourth-order valence-corrected chi connectivity index (χ4v) is 2.66. The maximum atomic E-state index is 11.8. The van der Waals surface area contributed by atoms with E-state index < -0.39 is 0 Å². The number of fused-ring (bicyclic) bond motifs is 1. The van der Waals surface area contributed by atoms with Crippen LogP contribution >= 0.6 is 0 Å². The molecule has 1 heterocycles. The van der Waals surface area contributed by atoms with E-state index in [-0.39, 0.29) is 11.9 Å². The molecule has 3 rings (SSSR count). The van der Waals surface area contributed by atoms with Crippen molar-refractivity contribution in [1.82, 2.24) is 15.5 Å². The second-order valence-corrected chi connectivity index (χ2v) is 5.98. The number of aromatic amines is 1. The van der Waals surface area contributed by atoms with Crippen LogP contribution in [0.4, 0.5) is 16.3 Å². The van der Waals surface area contributed by atoms with Crippen LogP contribution < -0.4 is 16.0 Å². The molecule has 0 aliphatic rings. The molecule has 0 unspecified atom stereocenters. The minimum absolute atomic E-state index is 0.108. The number of nitrogens with zero attached hydrogens (tertiary/aromatic N) is 1. The number of aromatic nitrogens is 2. The molecule has 2 aromatic carbocycles. The summed E-state index contributed by atoms with van der Waals surface area (Å²) in [6, 6.07) is 13.2. The number of hydrogen-bond donors (Lipinski definition) is 4. The highest BCUT2D eigenvalue weighted by Gasteiger charge is 2.10. The van der Waals surface area contributed by atoms with Crippen molar-refractivity contribution >= 4 is 34.3 Å². The lowest BCUT2D eigenvalue weighted by molar-refractivity contribution is -0.114. The van der Waals surface area contributed by atoms with Gasteiger partial charge in [0.05, 0.1) is 5.52 Å². The Hall–Kier alpha value is -3.35. The van der Waals surface area contributed by atoms with E-state index >= 15 is 0 Å². The number of rotatable bonds is 5. The molecule has 1 aromatic heterocycles. The molecule has 0 bridgehead atoms. The van der Waals surface area contributed by atoms with Gasteiger partial charge in [-0.1, -0.05) is 25.1 Å². The first-order valence-corrected chi connectivity index (χ1v) is 8.48. The van der Waals surface area contributed by atoms with E-state index in [0.29, 0.717) is 12.4 Å². The Labute approximate surface area is 151 Å². The Balaban J connectivity index is 1.84. The van der Waals surface area contributed by atoms with Crippen molar-refractivity contribution in [2.45, 2.75) is 20.3 Å². The summed E-state index contributed by atoms with van der Waals surface area (Å²) >= 11 is 0. The first-order chi connectivity index (χ1) is 12.6. The van der Waals surface area contributed by atoms with Crippen LogP contribution in [0.15, 0.2) is 42.5 Å². The number of benzene rings is 2. The monoisotopic (exact) mass is 351 g/mol. The third kappa shape index (κ3) is 4.00. The van der Waals surface area contributed by atoms with Crippen LogP contribution in [0.25, 0.3) is 22.0 Å². The van der Waals surface area contributed by atoms with Gasteiger partial charge in [0.2, 0.25) is 5.91 Å². The van der Waals surface area contributed by atoms with Gasteiger partial charge in [-0.05, 0) is 41.8 Å². The summed E-state index contributed by atoms with van der Waals surface area (Å²) < 4.78 is 0. The van der Waals surface area contributed by atoms with E-state index in [1.54, 1.807) is 0 Å². The fraction of sp³-hybridized carbons (Fsp3) is 0.211. The number of amides is 3. The van der Waals surface area contributed by atoms with Gasteiger partial charge in [0.15, 0.2) is 5.82 Å². The lowest BCUT2D eigenvalue weighted by atomic mass is 10.0. The zero-order valence-corrected chi connectivity index (χ0v) is 14.7. The second kappa shape index (κ2) is 7.69. The van der Waals surface area contributed by atoms with Crippen LogP contribution in [0.1, 0.15) is 20.3 Å². The van der Waals surface area contributed by atoms with Crippen molar-refractivity contribution in [2.24, 2.45) is 0 Å². The molecular formula is C19H21N5O2. The van der Waals surface area contributed by atoms with Crippen molar-refractivity contribution < 1.29 is 9.59 Å². The average molecular weight is 351 g/mol. The van der Waals surface area contributed by atoms with Gasteiger partial charge in [0.1, 0.15) is 0 Å². The molecule has 7 heteroatoms. The fourth-order valence-electron chi connectivity index (χ4n) is 2.66. The third-order valence-corrected chi connectivity index (χ3v) is 3.85. The van der Waals surface area contributed by atoms with Crippen molar-refractivity contribution in [2.75, 3.05) is 17.2 Å². The molecule has 0 aliphatic heterocycles. The number of anilines is 2. The van der Waals surface area contributed by atoms with E-state index in [0.717, 1.165) is 34.1 Å². The molecule has 3 aromatic rings. The standard InChI is InChI=1S/C19H21N5O2/c1-3-9-20-19(26)22-18-16-8-7-14(11-17(16)23-24-18)13-5-4-6-15(10-13)21-12(2)25/h4-8,10-11H,3,9H2,1-2H3,(H,21,25)(H3,20,22,23,24,26). The largest absolute Gasteiger partial charge is 0.338 e. The number of urea groups is 1. The maximum absolute atomic E-state index is 11.8. The molecular weight excluding hydrogens is 330 g/mol. The predicted octanol–water partition coefficient (Wildman–Crippen LogP) is 3.72. The Bertz CT molecular complexity index is 948. The van der Waals surface area contributed by atoms with Crippen LogP contribution in [0, 0.1) is 0 Å². The van der Waals surface area contributed by atoms with Gasteiger partial charge < -0.3 is 10.6 Å². The van der Waals surface area contributed by atoms with Crippen molar-refractivity contribution in [3.05, 3.63) is 42.5 Å². The highest BCUT2D eigenvalue weighted by Crippen LogP contribution is 2.28. The number of carbonyl (C=O) groups excluding carboxylic acids is 2. The highest BCUT2D eigenvalue weighted by molar-refractivity contribution is 6.00. The molecule has 7 nitrogen and oxygen atoms in total. The topological polar surface area (TPSA) is 98.9 Å². The van der Waals surface area contributed by atoms with E-state index in [1.807, 2.05) is 49.4 Å². The van der Waals surface area contributed by atoms with Gasteiger partial charge in [0.25, 0.3) is 0 Å². The second-order valence-electron chi connectivity index (χ2n) is 5.98. The van der Waals surface area contributed by atoms with Crippen LogP contribution in [-0.4, -0.2) is 28.7 Å². The molecule has 134 valence electrons. The quantitative estimate of drug-likeness (QED) is 0.564. The lowest BCUT2D eigenvalue weighted by Gasteiger charge is -2.07. The van der Waals surface area contributed by atoms with Crippen molar-refractivity contribution in [3.8, 4) is 11.1 Å². The summed E-state index contributed by atoms with van der Waals surface area (Å²) in [5.74, 6) is 0.385. The van der Waals surface area contributed by atoms with Gasteiger partial charge in [0, 0.05) is 24.5 Å². The highest BCUT2D eigenvalue weighted by atomic mass is 16.2. The molecule has 0 spiro atoms. The van der Waals surface area contributed by atoms with Gasteiger partial charge in [-0.15, -0.1) is 0 Å². The first-order valence-electron chi connectivity index (χ1n) is 8.48. The van der Waals surface area contributed by atoms with E-state index in [1.165, 1.54) is 6.92 Å². The van der Waals surface area contributed by atoms with E-state index in [2.05, 4.69) is 26.1 Å². The summed E-state index contributed by atoms with van der Waals surface area (Å²) in [5.41, 5.74) is 3.52. The Morgan fingerprint density at radius 3 is 2.65 bits per heavy atom. The molecule has 0 aliphatic carbocycles. The summed E-state index contributed by atoms with van der Waals surface area (Å²) in [4.78, 5) is 23.0. The summed E-state index contributed by atoms with van der Waals surface area (Å²) in [6.07, 6.45) is 0.871. The minimum Gasteiger partial charge on any atom is -0.338 e. The normalized spacial score (nSPS) is 10.5. The summed E-state index contributed by atoms with van der Waals surface area (Å²) in [7, 11) is 0. The van der Waals surface area contributed by atoms with Gasteiger partial charge >= 0.3 is 6.03 Å². The van der Waals surface area contributed by atoms with Crippen molar-refractivity contribution in [3.63, 3.8) is 0 Å². The van der Waals surface area contributed by atoms with Crippen LogP contribution in [0.5, 0.6) is 0 Å². The van der Waals surface area contributed by atoms with Gasteiger partial charge in [-0.25, -0.2) is 4.79 Å². The average Bonchev–Trinajstić information content (AvgIpc) is 3.01. The van der Waals surface area contributed by atoms with Gasteiger partial charge in [-0.2, -0.15) is 5.10 Å². The molecule has 26 heavy (non-hydrogen) atoms.